The maximum atomic E-state index is 13.9. The Morgan fingerprint density at radius 2 is 1.45 bits per heavy atom. The first-order valence-corrected chi connectivity index (χ1v) is 13.5. The third-order valence-electron chi connectivity index (χ3n) is 6.52. The number of non-ortho nitro benzene ring substituents is 1. The van der Waals surface area contributed by atoms with Gasteiger partial charge in [0.25, 0.3) is 5.69 Å². The Morgan fingerprint density at radius 1 is 0.895 bits per heavy atom. The quantitative estimate of drug-likeness (QED) is 0.253. The van der Waals surface area contributed by atoms with Crippen molar-refractivity contribution in [1.29, 1.82) is 0 Å². The van der Waals surface area contributed by atoms with E-state index >= 15 is 0 Å². The first-order valence-electron chi connectivity index (χ1n) is 12.0. The average Bonchev–Trinajstić information content (AvgIpc) is 3.71. The number of aliphatic hydroxyl groups excluding tert-OH is 1. The number of aliphatic hydroxyl groups is 1. The minimum absolute atomic E-state index is 0.0253. The second kappa shape index (κ2) is 11.8. The van der Waals surface area contributed by atoms with Gasteiger partial charge in [-0.05, 0) is 53.6 Å². The molecule has 2 atom stereocenters. The summed E-state index contributed by atoms with van der Waals surface area (Å²) in [4.78, 5) is 10.8. The zero-order valence-corrected chi connectivity index (χ0v) is 22.0. The van der Waals surface area contributed by atoms with Gasteiger partial charge in [-0.25, -0.2) is 8.42 Å². The Kier molecular flexibility index (Phi) is 8.50. The normalized spacial score (nSPS) is 16.7. The van der Waals surface area contributed by atoms with E-state index in [2.05, 4.69) is 0 Å². The predicted molar refractivity (Wildman–Crippen MR) is 140 cm³/mol. The molecule has 0 radical (unpaired) electrons. The van der Waals surface area contributed by atoms with Gasteiger partial charge in [0.05, 0.1) is 36.7 Å². The van der Waals surface area contributed by atoms with E-state index in [1.165, 1.54) is 16.4 Å². The molecule has 202 valence electrons. The lowest BCUT2D eigenvalue weighted by Gasteiger charge is -2.23. The van der Waals surface area contributed by atoms with E-state index in [0.717, 1.165) is 12.5 Å². The molecule has 0 unspecified atom stereocenters. The molecular weight excluding hydrogens is 512 g/mol. The van der Waals surface area contributed by atoms with Crippen molar-refractivity contribution < 1.29 is 32.7 Å². The largest absolute Gasteiger partial charge is 0.497 e. The Bertz CT molecular complexity index is 1310. The number of hydrogen-bond acceptors (Lipinski definition) is 8. The summed E-state index contributed by atoms with van der Waals surface area (Å²) in [6, 6.07) is 17.6. The number of hydrogen-bond donors (Lipinski definition) is 1. The van der Waals surface area contributed by atoms with Gasteiger partial charge in [-0.3, -0.25) is 10.1 Å². The van der Waals surface area contributed by atoms with E-state index in [0.29, 0.717) is 22.6 Å². The molecule has 38 heavy (non-hydrogen) atoms. The zero-order valence-electron chi connectivity index (χ0n) is 21.1. The number of nitro benzene ring substituents is 1. The summed E-state index contributed by atoms with van der Waals surface area (Å²) in [6.45, 7) is 0.344. The topological polar surface area (TPSA) is 128 Å². The highest BCUT2D eigenvalue weighted by atomic mass is 32.2. The van der Waals surface area contributed by atoms with Crippen LogP contribution in [0.25, 0.3) is 0 Å². The summed E-state index contributed by atoms with van der Waals surface area (Å²) < 4.78 is 45.3. The van der Waals surface area contributed by atoms with Crippen LogP contribution in [-0.2, 0) is 23.1 Å². The molecule has 0 bridgehead atoms. The molecule has 0 amide bonds. The van der Waals surface area contributed by atoms with Crippen LogP contribution >= 0.6 is 0 Å². The molecule has 4 rings (SSSR count). The highest BCUT2D eigenvalue weighted by Gasteiger charge is 2.37. The van der Waals surface area contributed by atoms with Crippen LogP contribution < -0.4 is 14.2 Å². The van der Waals surface area contributed by atoms with Gasteiger partial charge in [0, 0.05) is 31.8 Å². The first-order chi connectivity index (χ1) is 18.2. The molecule has 1 saturated carbocycles. The minimum Gasteiger partial charge on any atom is -0.497 e. The van der Waals surface area contributed by atoms with Crippen molar-refractivity contribution in [3.63, 3.8) is 0 Å². The molecule has 3 aromatic rings. The summed E-state index contributed by atoms with van der Waals surface area (Å²) in [5, 5.41) is 20.9. The zero-order chi connectivity index (χ0) is 27.3. The summed E-state index contributed by atoms with van der Waals surface area (Å²) in [5.41, 5.74) is 1.05. The third kappa shape index (κ3) is 6.60. The highest BCUT2D eigenvalue weighted by molar-refractivity contribution is 7.89. The number of sulfonamides is 1. The smallest absolute Gasteiger partial charge is 0.274 e. The lowest BCUT2D eigenvalue weighted by molar-refractivity contribution is -0.385. The Balaban J connectivity index is 1.67. The van der Waals surface area contributed by atoms with Gasteiger partial charge in [0.1, 0.15) is 17.2 Å². The molecular formula is C27H30N2O8S. The highest BCUT2D eigenvalue weighted by Crippen LogP contribution is 2.38. The Hall–Kier alpha value is -3.67. The molecule has 0 spiro atoms. The van der Waals surface area contributed by atoms with Crippen LogP contribution in [0.1, 0.15) is 17.5 Å². The van der Waals surface area contributed by atoms with Crippen LogP contribution in [-0.4, -0.2) is 50.2 Å². The fourth-order valence-electron chi connectivity index (χ4n) is 4.08. The maximum Gasteiger partial charge on any atom is 0.274 e. The molecule has 1 N–H and O–H groups in total. The second-order valence-corrected chi connectivity index (χ2v) is 11.1. The minimum atomic E-state index is -4.20. The number of ether oxygens (including phenoxy) is 3. The maximum absolute atomic E-state index is 13.9. The molecule has 0 aromatic heterocycles. The SMILES string of the molecule is COc1ccc(CN(Cc2ccc(OC)cc2)S(=O)(=O)c2cc(OC[C@@H]3C[C@H]3CO)cc([N+](=O)[O-])c2)cc1. The summed E-state index contributed by atoms with van der Waals surface area (Å²) in [5.74, 6) is 1.65. The van der Waals surface area contributed by atoms with Crippen LogP contribution in [0, 0.1) is 22.0 Å². The van der Waals surface area contributed by atoms with Crippen molar-refractivity contribution in [2.24, 2.45) is 11.8 Å². The van der Waals surface area contributed by atoms with Crippen molar-refractivity contribution >= 4 is 15.7 Å². The van der Waals surface area contributed by atoms with Gasteiger partial charge >= 0.3 is 0 Å². The number of benzene rings is 3. The van der Waals surface area contributed by atoms with Gasteiger partial charge in [-0.15, -0.1) is 0 Å². The molecule has 0 aliphatic heterocycles. The van der Waals surface area contributed by atoms with Crippen LogP contribution in [0.2, 0.25) is 0 Å². The van der Waals surface area contributed by atoms with Gasteiger partial charge in [0.2, 0.25) is 10.0 Å². The van der Waals surface area contributed by atoms with Crippen molar-refractivity contribution in [2.45, 2.75) is 24.4 Å². The van der Waals surface area contributed by atoms with Crippen molar-refractivity contribution in [2.75, 3.05) is 27.4 Å². The Morgan fingerprint density at radius 3 is 1.89 bits per heavy atom. The summed E-state index contributed by atoms with van der Waals surface area (Å²) >= 11 is 0. The third-order valence-corrected chi connectivity index (χ3v) is 8.29. The monoisotopic (exact) mass is 542 g/mol. The van der Waals surface area contributed by atoms with Gasteiger partial charge < -0.3 is 19.3 Å². The van der Waals surface area contributed by atoms with Gasteiger partial charge in [-0.1, -0.05) is 24.3 Å². The number of nitro groups is 1. The van der Waals surface area contributed by atoms with E-state index in [-0.39, 0.29) is 54.5 Å². The summed E-state index contributed by atoms with van der Waals surface area (Å²) in [6.07, 6.45) is 0.800. The van der Waals surface area contributed by atoms with Crippen LogP contribution in [0.15, 0.2) is 71.6 Å². The van der Waals surface area contributed by atoms with E-state index in [9.17, 15) is 23.6 Å². The van der Waals surface area contributed by atoms with Crippen LogP contribution in [0.5, 0.6) is 17.2 Å². The molecule has 11 heteroatoms. The van der Waals surface area contributed by atoms with E-state index in [1.807, 2.05) is 0 Å². The van der Waals surface area contributed by atoms with Crippen LogP contribution in [0.3, 0.4) is 0 Å². The molecule has 10 nitrogen and oxygen atoms in total. The van der Waals surface area contributed by atoms with E-state index < -0.39 is 14.9 Å². The van der Waals surface area contributed by atoms with Gasteiger partial charge in [0.15, 0.2) is 0 Å². The number of rotatable bonds is 13. The van der Waals surface area contributed by atoms with Crippen LogP contribution in [0.4, 0.5) is 5.69 Å². The Labute approximate surface area is 221 Å². The van der Waals surface area contributed by atoms with E-state index in [4.69, 9.17) is 14.2 Å². The number of nitrogens with zero attached hydrogens (tertiary/aromatic N) is 2. The first kappa shape index (κ1) is 27.4. The van der Waals surface area contributed by atoms with Gasteiger partial charge in [-0.2, -0.15) is 4.31 Å². The fourth-order valence-corrected chi connectivity index (χ4v) is 5.55. The lowest BCUT2D eigenvalue weighted by Crippen LogP contribution is -2.30. The average molecular weight is 543 g/mol. The second-order valence-electron chi connectivity index (χ2n) is 9.14. The van der Waals surface area contributed by atoms with E-state index in [1.54, 1.807) is 62.8 Å². The number of methoxy groups -OCH3 is 2. The van der Waals surface area contributed by atoms with Crippen molar-refractivity contribution in [3.8, 4) is 17.2 Å². The molecule has 1 fully saturated rings. The molecule has 1 aliphatic carbocycles. The van der Waals surface area contributed by atoms with Crippen molar-refractivity contribution in [1.82, 2.24) is 4.31 Å². The lowest BCUT2D eigenvalue weighted by atomic mass is 10.2. The molecule has 1 aliphatic rings. The standard InChI is InChI=1S/C27H30N2O8S/c1-35-24-7-3-19(4-8-24)15-28(16-20-5-9-25(36-2)10-6-20)38(33,34)27-13-23(29(31)32)12-26(14-27)37-18-22-11-21(22)17-30/h3-10,12-14,21-22,30H,11,15-18H2,1-2H3/t21-,22-/m0/s1. The summed E-state index contributed by atoms with van der Waals surface area (Å²) in [7, 11) is -1.11. The molecule has 3 aromatic carbocycles. The predicted octanol–water partition coefficient (Wildman–Crippen LogP) is 4.01. The molecule has 0 saturated heterocycles. The fraction of sp³-hybridized carbons (Fsp3) is 0.333. The van der Waals surface area contributed by atoms with Crippen molar-refractivity contribution in [3.05, 3.63) is 88.0 Å². The molecule has 0 heterocycles.